The highest BCUT2D eigenvalue weighted by molar-refractivity contribution is 6.35. The number of amides is 1. The third-order valence-corrected chi connectivity index (χ3v) is 4.92. The lowest BCUT2D eigenvalue weighted by Crippen LogP contribution is -2.32. The lowest BCUT2D eigenvalue weighted by Gasteiger charge is -2.20. The van der Waals surface area contributed by atoms with Gasteiger partial charge in [0.2, 0.25) is 5.91 Å². The summed E-state index contributed by atoms with van der Waals surface area (Å²) in [5, 5.41) is 7.10. The lowest BCUT2D eigenvalue weighted by atomic mass is 10.1. The van der Waals surface area contributed by atoms with E-state index in [1.54, 1.807) is 32.4 Å². The summed E-state index contributed by atoms with van der Waals surface area (Å²) in [4.78, 5) is 13.1. The van der Waals surface area contributed by atoms with Gasteiger partial charge in [0, 0.05) is 22.3 Å². The standard InChI is InChI=1S/C23H22Cl2N2O3/c1-29-20-9-8-15(10-21(20)30-2)14-26-22(16-6-4-3-5-7-16)23(28)27-19-12-17(24)11-18(25)13-19/h3-13,22,26H,14H2,1-2H3,(H,27,28)/t22-/m1/s1. The first-order chi connectivity index (χ1) is 14.5. The molecular formula is C23H22Cl2N2O3. The Bertz CT molecular complexity index is 992. The second-order valence-corrected chi connectivity index (χ2v) is 7.43. The minimum absolute atomic E-state index is 0.222. The van der Waals surface area contributed by atoms with Crippen LogP contribution in [0.4, 0.5) is 5.69 Å². The van der Waals surface area contributed by atoms with E-state index in [1.165, 1.54) is 0 Å². The summed E-state index contributed by atoms with van der Waals surface area (Å²) in [6.07, 6.45) is 0. The minimum atomic E-state index is -0.586. The van der Waals surface area contributed by atoms with Crippen molar-refractivity contribution >= 4 is 34.8 Å². The summed E-state index contributed by atoms with van der Waals surface area (Å²) < 4.78 is 10.6. The first-order valence-electron chi connectivity index (χ1n) is 9.26. The molecule has 3 rings (SSSR count). The highest BCUT2D eigenvalue weighted by atomic mass is 35.5. The molecule has 1 atom stereocenters. The Morgan fingerprint density at radius 3 is 2.20 bits per heavy atom. The zero-order valence-electron chi connectivity index (χ0n) is 16.6. The highest BCUT2D eigenvalue weighted by Crippen LogP contribution is 2.28. The van der Waals surface area contributed by atoms with Crippen LogP contribution in [0.15, 0.2) is 66.7 Å². The van der Waals surface area contributed by atoms with E-state index in [-0.39, 0.29) is 5.91 Å². The predicted molar refractivity (Wildman–Crippen MR) is 121 cm³/mol. The number of hydrogen-bond acceptors (Lipinski definition) is 4. The van der Waals surface area contributed by atoms with Crippen LogP contribution < -0.4 is 20.1 Å². The Morgan fingerprint density at radius 2 is 1.57 bits per heavy atom. The van der Waals surface area contributed by atoms with Gasteiger partial charge in [-0.1, -0.05) is 59.6 Å². The average molecular weight is 445 g/mol. The fourth-order valence-electron chi connectivity index (χ4n) is 3.06. The molecular weight excluding hydrogens is 423 g/mol. The number of nitrogens with one attached hydrogen (secondary N) is 2. The molecule has 30 heavy (non-hydrogen) atoms. The topological polar surface area (TPSA) is 59.6 Å². The molecule has 156 valence electrons. The van der Waals surface area contributed by atoms with E-state index < -0.39 is 6.04 Å². The van der Waals surface area contributed by atoms with E-state index >= 15 is 0 Å². The Hall–Kier alpha value is -2.73. The Morgan fingerprint density at radius 1 is 0.900 bits per heavy atom. The van der Waals surface area contributed by atoms with Crippen LogP contribution in [0.5, 0.6) is 11.5 Å². The smallest absolute Gasteiger partial charge is 0.246 e. The van der Waals surface area contributed by atoms with Crippen molar-refractivity contribution in [1.82, 2.24) is 5.32 Å². The van der Waals surface area contributed by atoms with Gasteiger partial charge in [-0.15, -0.1) is 0 Å². The number of carbonyl (C=O) groups is 1. The molecule has 0 aliphatic heterocycles. The minimum Gasteiger partial charge on any atom is -0.493 e. The van der Waals surface area contributed by atoms with E-state index in [0.717, 1.165) is 11.1 Å². The quantitative estimate of drug-likeness (QED) is 0.482. The molecule has 2 N–H and O–H groups in total. The molecule has 3 aromatic carbocycles. The van der Waals surface area contributed by atoms with Crippen molar-refractivity contribution in [2.45, 2.75) is 12.6 Å². The fourth-order valence-corrected chi connectivity index (χ4v) is 3.58. The van der Waals surface area contributed by atoms with Crippen LogP contribution in [0.2, 0.25) is 10.0 Å². The number of benzene rings is 3. The number of halogens is 2. The second-order valence-electron chi connectivity index (χ2n) is 6.56. The van der Waals surface area contributed by atoms with Gasteiger partial charge in [-0.2, -0.15) is 0 Å². The van der Waals surface area contributed by atoms with Crippen molar-refractivity contribution in [2.75, 3.05) is 19.5 Å². The molecule has 0 spiro atoms. The molecule has 0 aliphatic rings. The third-order valence-electron chi connectivity index (χ3n) is 4.48. The van der Waals surface area contributed by atoms with E-state index in [9.17, 15) is 4.79 Å². The maximum Gasteiger partial charge on any atom is 0.246 e. The molecule has 0 unspecified atom stereocenters. The summed E-state index contributed by atoms with van der Waals surface area (Å²) in [6.45, 7) is 0.448. The van der Waals surface area contributed by atoms with Crippen molar-refractivity contribution in [3.63, 3.8) is 0 Å². The number of anilines is 1. The van der Waals surface area contributed by atoms with Gasteiger partial charge in [-0.25, -0.2) is 0 Å². The summed E-state index contributed by atoms with van der Waals surface area (Å²) in [6, 6.07) is 19.5. The Kier molecular flexibility index (Phi) is 7.57. The summed E-state index contributed by atoms with van der Waals surface area (Å²) in [7, 11) is 3.18. The van der Waals surface area contributed by atoms with E-state index in [4.69, 9.17) is 32.7 Å². The first-order valence-corrected chi connectivity index (χ1v) is 10.0. The van der Waals surface area contributed by atoms with Crippen LogP contribution in [-0.2, 0) is 11.3 Å². The van der Waals surface area contributed by atoms with E-state index in [1.807, 2.05) is 48.5 Å². The van der Waals surface area contributed by atoms with Crippen molar-refractivity contribution in [2.24, 2.45) is 0 Å². The predicted octanol–water partition coefficient (Wildman–Crippen LogP) is 5.48. The zero-order chi connectivity index (χ0) is 21.5. The second kappa shape index (κ2) is 10.3. The van der Waals surface area contributed by atoms with Gasteiger partial charge in [-0.3, -0.25) is 10.1 Å². The van der Waals surface area contributed by atoms with Gasteiger partial charge in [0.15, 0.2) is 11.5 Å². The molecule has 5 nitrogen and oxygen atoms in total. The molecule has 0 heterocycles. The van der Waals surface area contributed by atoms with Crippen molar-refractivity contribution in [3.05, 3.63) is 87.9 Å². The maximum atomic E-state index is 13.1. The molecule has 0 radical (unpaired) electrons. The zero-order valence-corrected chi connectivity index (χ0v) is 18.1. The van der Waals surface area contributed by atoms with E-state index in [0.29, 0.717) is 33.8 Å². The van der Waals surface area contributed by atoms with Gasteiger partial charge in [0.05, 0.1) is 14.2 Å². The fraction of sp³-hybridized carbons (Fsp3) is 0.174. The van der Waals surface area contributed by atoms with E-state index in [2.05, 4.69) is 10.6 Å². The monoisotopic (exact) mass is 444 g/mol. The summed E-state index contributed by atoms with van der Waals surface area (Å²) in [5.41, 5.74) is 2.32. The third kappa shape index (κ3) is 5.66. The van der Waals surface area contributed by atoms with Gasteiger partial charge >= 0.3 is 0 Å². The Balaban J connectivity index is 1.80. The molecule has 7 heteroatoms. The number of ether oxygens (including phenoxy) is 2. The highest BCUT2D eigenvalue weighted by Gasteiger charge is 2.21. The average Bonchev–Trinajstić information content (AvgIpc) is 2.73. The van der Waals surface area contributed by atoms with Crippen LogP contribution >= 0.6 is 23.2 Å². The number of methoxy groups -OCH3 is 2. The summed E-state index contributed by atoms with van der Waals surface area (Å²) >= 11 is 12.1. The largest absolute Gasteiger partial charge is 0.493 e. The molecule has 0 fully saturated rings. The van der Waals surface area contributed by atoms with Gasteiger partial charge in [0.25, 0.3) is 0 Å². The van der Waals surface area contributed by atoms with Crippen molar-refractivity contribution < 1.29 is 14.3 Å². The number of hydrogen-bond donors (Lipinski definition) is 2. The van der Waals surface area contributed by atoms with Crippen LogP contribution in [0.1, 0.15) is 17.2 Å². The molecule has 0 aromatic heterocycles. The molecule has 0 saturated carbocycles. The Labute approximate surface area is 185 Å². The van der Waals surface area contributed by atoms with Gasteiger partial charge < -0.3 is 14.8 Å². The molecule has 0 saturated heterocycles. The van der Waals surface area contributed by atoms with Gasteiger partial charge in [0.1, 0.15) is 6.04 Å². The molecule has 0 aliphatic carbocycles. The number of carbonyl (C=O) groups excluding carboxylic acids is 1. The SMILES string of the molecule is COc1ccc(CN[C@@H](C(=O)Nc2cc(Cl)cc(Cl)c2)c2ccccc2)cc1OC. The maximum absolute atomic E-state index is 13.1. The van der Waals surface area contributed by atoms with Crippen molar-refractivity contribution in [1.29, 1.82) is 0 Å². The number of rotatable bonds is 8. The van der Waals surface area contributed by atoms with Crippen LogP contribution in [0.3, 0.4) is 0 Å². The molecule has 3 aromatic rings. The van der Waals surface area contributed by atoms with Crippen LogP contribution in [-0.4, -0.2) is 20.1 Å². The van der Waals surface area contributed by atoms with Crippen molar-refractivity contribution in [3.8, 4) is 11.5 Å². The molecule has 0 bridgehead atoms. The first kappa shape index (κ1) is 22.0. The molecule has 1 amide bonds. The van der Waals surface area contributed by atoms with Crippen LogP contribution in [0, 0.1) is 0 Å². The summed E-state index contributed by atoms with van der Waals surface area (Å²) in [5.74, 6) is 1.06. The normalized spacial score (nSPS) is 11.6. The van der Waals surface area contributed by atoms with Crippen LogP contribution in [0.25, 0.3) is 0 Å². The lowest BCUT2D eigenvalue weighted by molar-refractivity contribution is -0.118. The van der Waals surface area contributed by atoms with Gasteiger partial charge in [-0.05, 0) is 41.5 Å².